The minimum absolute atomic E-state index is 1.05. The molecule has 60 heavy (non-hydrogen) atoms. The summed E-state index contributed by atoms with van der Waals surface area (Å²) in [6, 6.07) is 72.2. The molecule has 0 heterocycles. The molecule has 2 nitrogen and oxygen atoms in total. The van der Waals surface area contributed by atoms with Crippen molar-refractivity contribution in [1.29, 1.82) is 0 Å². The smallest absolute Gasteiger partial charge is 0.0468 e. The molecule has 0 aliphatic carbocycles. The Morgan fingerprint density at radius 2 is 0.683 bits per heavy atom. The van der Waals surface area contributed by atoms with Crippen LogP contribution in [0.4, 0.5) is 34.1 Å². The predicted molar refractivity (Wildman–Crippen MR) is 259 cm³/mol. The molecule has 0 atom stereocenters. The van der Waals surface area contributed by atoms with E-state index in [1.54, 1.807) is 0 Å². The van der Waals surface area contributed by atoms with Crippen LogP contribution in [0.2, 0.25) is 0 Å². The molecule has 0 spiro atoms. The SMILES string of the molecule is CCCc1cccc(N(c2ccc(C)cc2)c2ccc3c(-c4ccccc4)c4cc(N(c5ccc(C)cc5)c5cccc(CCC)c5)ccc4c(-c4ccccc4)c3c2)c1. The highest BCUT2D eigenvalue weighted by molar-refractivity contribution is 6.22. The van der Waals surface area contributed by atoms with Crippen molar-refractivity contribution < 1.29 is 0 Å². The first-order valence-corrected chi connectivity index (χ1v) is 21.5. The number of anilines is 6. The van der Waals surface area contributed by atoms with Crippen LogP contribution in [0.1, 0.15) is 48.9 Å². The van der Waals surface area contributed by atoms with Gasteiger partial charge < -0.3 is 9.80 Å². The third-order valence-electron chi connectivity index (χ3n) is 11.7. The summed E-state index contributed by atoms with van der Waals surface area (Å²) in [7, 11) is 0. The zero-order valence-electron chi connectivity index (χ0n) is 35.2. The fourth-order valence-electron chi connectivity index (χ4n) is 8.88. The summed E-state index contributed by atoms with van der Waals surface area (Å²) >= 11 is 0. The summed E-state index contributed by atoms with van der Waals surface area (Å²) in [5.74, 6) is 0. The highest BCUT2D eigenvalue weighted by Crippen LogP contribution is 2.48. The van der Waals surface area contributed by atoms with E-state index in [0.29, 0.717) is 0 Å². The number of hydrogen-bond acceptors (Lipinski definition) is 2. The van der Waals surface area contributed by atoms with E-state index in [-0.39, 0.29) is 0 Å². The average molecular weight is 777 g/mol. The lowest BCUT2D eigenvalue weighted by atomic mass is 9.85. The second-order valence-electron chi connectivity index (χ2n) is 16.1. The second kappa shape index (κ2) is 17.1. The monoisotopic (exact) mass is 776 g/mol. The summed E-state index contributed by atoms with van der Waals surface area (Å²) in [6.45, 7) is 8.82. The molecule has 0 aliphatic heterocycles. The van der Waals surface area contributed by atoms with Crippen LogP contribution in [-0.4, -0.2) is 0 Å². The number of rotatable bonds is 12. The van der Waals surface area contributed by atoms with Crippen molar-refractivity contribution in [1.82, 2.24) is 0 Å². The topological polar surface area (TPSA) is 6.48 Å². The van der Waals surface area contributed by atoms with Crippen molar-refractivity contribution >= 4 is 55.7 Å². The molecule has 9 aromatic carbocycles. The summed E-state index contributed by atoms with van der Waals surface area (Å²) in [5.41, 5.74) is 16.9. The van der Waals surface area contributed by atoms with Crippen molar-refractivity contribution in [3.63, 3.8) is 0 Å². The lowest BCUT2D eigenvalue weighted by Gasteiger charge is -2.28. The molecule has 9 rings (SSSR count). The van der Waals surface area contributed by atoms with Crippen LogP contribution < -0.4 is 9.80 Å². The van der Waals surface area contributed by atoms with Crippen LogP contribution in [0.15, 0.2) is 194 Å². The van der Waals surface area contributed by atoms with Crippen LogP contribution in [0.3, 0.4) is 0 Å². The van der Waals surface area contributed by atoms with Crippen LogP contribution in [0, 0.1) is 13.8 Å². The van der Waals surface area contributed by atoms with E-state index < -0.39 is 0 Å². The van der Waals surface area contributed by atoms with Gasteiger partial charge >= 0.3 is 0 Å². The highest BCUT2D eigenvalue weighted by atomic mass is 15.1. The molecule has 9 aromatic rings. The predicted octanol–water partition coefficient (Wildman–Crippen LogP) is 16.8. The van der Waals surface area contributed by atoms with Gasteiger partial charge in [0.05, 0.1) is 0 Å². The molecule has 0 unspecified atom stereocenters. The molecular weight excluding hydrogens is 725 g/mol. The van der Waals surface area contributed by atoms with Crippen molar-refractivity contribution in [3.05, 3.63) is 216 Å². The Balaban J connectivity index is 1.34. The van der Waals surface area contributed by atoms with E-state index in [2.05, 4.69) is 232 Å². The average Bonchev–Trinajstić information content (AvgIpc) is 3.28. The number of nitrogens with zero attached hydrogens (tertiary/aromatic N) is 2. The van der Waals surface area contributed by atoms with Gasteiger partial charge in [0.1, 0.15) is 0 Å². The molecule has 0 fully saturated rings. The number of hydrogen-bond donors (Lipinski definition) is 0. The van der Waals surface area contributed by atoms with E-state index >= 15 is 0 Å². The van der Waals surface area contributed by atoms with Gasteiger partial charge in [-0.2, -0.15) is 0 Å². The minimum atomic E-state index is 1.05. The summed E-state index contributed by atoms with van der Waals surface area (Å²) in [4.78, 5) is 4.85. The maximum Gasteiger partial charge on any atom is 0.0468 e. The third kappa shape index (κ3) is 7.70. The summed E-state index contributed by atoms with van der Waals surface area (Å²) in [6.07, 6.45) is 4.31. The van der Waals surface area contributed by atoms with Crippen molar-refractivity contribution in [2.75, 3.05) is 9.80 Å². The van der Waals surface area contributed by atoms with Gasteiger partial charge in [0.2, 0.25) is 0 Å². The van der Waals surface area contributed by atoms with Crippen molar-refractivity contribution in [3.8, 4) is 22.3 Å². The van der Waals surface area contributed by atoms with Crippen molar-refractivity contribution in [2.45, 2.75) is 53.4 Å². The second-order valence-corrected chi connectivity index (χ2v) is 16.1. The van der Waals surface area contributed by atoms with Crippen LogP contribution in [0.5, 0.6) is 0 Å². The maximum absolute atomic E-state index is 2.43. The lowest BCUT2D eigenvalue weighted by molar-refractivity contribution is 0.921. The van der Waals surface area contributed by atoms with Gasteiger partial charge in [-0.05, 0) is 154 Å². The number of fused-ring (bicyclic) bond motifs is 2. The lowest BCUT2D eigenvalue weighted by Crippen LogP contribution is -2.11. The Labute approximate surface area is 356 Å². The largest absolute Gasteiger partial charge is 0.310 e. The fourth-order valence-corrected chi connectivity index (χ4v) is 8.88. The first-order chi connectivity index (χ1) is 29.5. The fraction of sp³-hybridized carbons (Fsp3) is 0.138. The Kier molecular flexibility index (Phi) is 11.0. The number of benzene rings is 9. The zero-order chi connectivity index (χ0) is 41.0. The quantitative estimate of drug-likeness (QED) is 0.114. The van der Waals surface area contributed by atoms with E-state index in [4.69, 9.17) is 0 Å². The molecule has 0 amide bonds. The van der Waals surface area contributed by atoms with Crippen LogP contribution in [-0.2, 0) is 12.8 Å². The van der Waals surface area contributed by atoms with Gasteiger partial charge in [0.25, 0.3) is 0 Å². The normalized spacial score (nSPS) is 11.3. The molecule has 0 aliphatic rings. The minimum Gasteiger partial charge on any atom is -0.310 e. The van der Waals surface area contributed by atoms with E-state index in [9.17, 15) is 0 Å². The third-order valence-corrected chi connectivity index (χ3v) is 11.7. The van der Waals surface area contributed by atoms with Gasteiger partial charge in [-0.3, -0.25) is 0 Å². The molecule has 0 N–H and O–H groups in total. The molecule has 2 heteroatoms. The number of aryl methyl sites for hydroxylation is 4. The Morgan fingerprint density at radius 3 is 1.07 bits per heavy atom. The standard InChI is InChI=1S/C58H52N2/c1-5-15-43-17-13-23-49(37-43)59(47-29-25-41(3)26-30-47)51-33-35-53-55(39-51)57(45-19-9-7-10-20-45)54-36-34-52(40-56(54)58(53)46-21-11-8-12-22-46)60(48-31-27-42(4)28-32-48)50-24-14-18-44(38-50)16-6-2/h7-14,17-40H,5-6,15-16H2,1-4H3. The van der Waals surface area contributed by atoms with Crippen molar-refractivity contribution in [2.24, 2.45) is 0 Å². The Bertz CT molecular complexity index is 2690. The van der Waals surface area contributed by atoms with Gasteiger partial charge in [0.15, 0.2) is 0 Å². The van der Waals surface area contributed by atoms with E-state index in [0.717, 1.165) is 48.4 Å². The van der Waals surface area contributed by atoms with Crippen LogP contribution in [0.25, 0.3) is 43.8 Å². The van der Waals surface area contributed by atoms with Gasteiger partial charge in [0, 0.05) is 34.1 Å². The molecule has 0 aromatic heterocycles. The first-order valence-electron chi connectivity index (χ1n) is 21.5. The molecular formula is C58H52N2. The highest BCUT2D eigenvalue weighted by Gasteiger charge is 2.22. The molecule has 0 saturated carbocycles. The molecule has 0 bridgehead atoms. The molecule has 0 saturated heterocycles. The first kappa shape index (κ1) is 38.6. The Hall–Kier alpha value is -6.90. The molecule has 294 valence electrons. The van der Waals surface area contributed by atoms with Gasteiger partial charge in [-0.25, -0.2) is 0 Å². The zero-order valence-corrected chi connectivity index (χ0v) is 35.2. The Morgan fingerprint density at radius 1 is 0.317 bits per heavy atom. The molecule has 0 radical (unpaired) electrons. The van der Waals surface area contributed by atoms with Crippen LogP contribution >= 0.6 is 0 Å². The summed E-state index contributed by atoms with van der Waals surface area (Å²) in [5, 5.41) is 4.90. The van der Waals surface area contributed by atoms with Gasteiger partial charge in [-0.1, -0.05) is 159 Å². The van der Waals surface area contributed by atoms with E-state index in [1.165, 1.54) is 77.4 Å². The van der Waals surface area contributed by atoms with E-state index in [1.807, 2.05) is 0 Å². The van der Waals surface area contributed by atoms with Gasteiger partial charge in [-0.15, -0.1) is 0 Å². The summed E-state index contributed by atoms with van der Waals surface area (Å²) < 4.78 is 0. The maximum atomic E-state index is 2.43.